The summed E-state index contributed by atoms with van der Waals surface area (Å²) in [5, 5.41) is 2.79. The Balaban J connectivity index is 2.17. The van der Waals surface area contributed by atoms with Gasteiger partial charge in [0.2, 0.25) is 0 Å². The van der Waals surface area contributed by atoms with Gasteiger partial charge in [-0.05, 0) is 38.1 Å². The lowest BCUT2D eigenvalue weighted by atomic mass is 10.2. The minimum absolute atomic E-state index is 0.167. The zero-order valence-electron chi connectivity index (χ0n) is 12.7. The number of pyridine rings is 1. The minimum atomic E-state index is -0.262. The van der Waals surface area contributed by atoms with Gasteiger partial charge in [-0.3, -0.25) is 14.6 Å². The van der Waals surface area contributed by atoms with Crippen molar-refractivity contribution in [2.75, 3.05) is 18.4 Å². The Bertz CT molecular complexity index is 652. The van der Waals surface area contributed by atoms with Crippen LogP contribution >= 0.6 is 0 Å². The summed E-state index contributed by atoms with van der Waals surface area (Å²) in [5.41, 5.74) is 1.40. The summed E-state index contributed by atoms with van der Waals surface area (Å²) in [6.07, 6.45) is 1.48. The van der Waals surface area contributed by atoms with Gasteiger partial charge in [0.15, 0.2) is 0 Å². The van der Waals surface area contributed by atoms with Crippen molar-refractivity contribution < 1.29 is 9.59 Å². The number of rotatable bonds is 5. The average molecular weight is 297 g/mol. The largest absolute Gasteiger partial charge is 0.338 e. The fourth-order valence-electron chi connectivity index (χ4n) is 2.09. The highest BCUT2D eigenvalue weighted by Crippen LogP contribution is 2.10. The minimum Gasteiger partial charge on any atom is -0.338 e. The molecular formula is C17H19N3O2. The molecule has 22 heavy (non-hydrogen) atoms. The third-order valence-corrected chi connectivity index (χ3v) is 3.32. The van der Waals surface area contributed by atoms with Gasteiger partial charge in [-0.25, -0.2) is 0 Å². The van der Waals surface area contributed by atoms with Crippen molar-refractivity contribution in [3.8, 4) is 0 Å². The van der Waals surface area contributed by atoms with Gasteiger partial charge in [0, 0.05) is 30.5 Å². The monoisotopic (exact) mass is 297 g/mol. The molecule has 0 saturated carbocycles. The van der Waals surface area contributed by atoms with Crippen molar-refractivity contribution in [3.05, 3.63) is 59.9 Å². The Morgan fingerprint density at radius 3 is 2.41 bits per heavy atom. The van der Waals surface area contributed by atoms with Crippen molar-refractivity contribution in [3.63, 3.8) is 0 Å². The molecule has 1 aromatic heterocycles. The molecule has 0 atom stereocenters. The Kier molecular flexibility index (Phi) is 5.25. The van der Waals surface area contributed by atoms with Gasteiger partial charge in [0.25, 0.3) is 11.8 Å². The first-order valence-corrected chi connectivity index (χ1v) is 7.27. The molecule has 2 rings (SSSR count). The molecule has 1 aromatic carbocycles. The Labute approximate surface area is 130 Å². The van der Waals surface area contributed by atoms with Crippen LogP contribution in [-0.4, -0.2) is 34.8 Å². The molecule has 2 aromatic rings. The first-order valence-electron chi connectivity index (χ1n) is 7.27. The van der Waals surface area contributed by atoms with E-state index in [-0.39, 0.29) is 17.5 Å². The van der Waals surface area contributed by atoms with Crippen LogP contribution in [-0.2, 0) is 0 Å². The van der Waals surface area contributed by atoms with E-state index in [1.54, 1.807) is 23.1 Å². The molecule has 1 heterocycles. The number of hydrogen-bond acceptors (Lipinski definition) is 3. The van der Waals surface area contributed by atoms with Crippen molar-refractivity contribution >= 4 is 17.5 Å². The van der Waals surface area contributed by atoms with Crippen molar-refractivity contribution in [1.82, 2.24) is 9.88 Å². The normalized spacial score (nSPS) is 10.1. The number of nitrogens with one attached hydrogen (secondary N) is 1. The molecule has 1 N–H and O–H groups in total. The predicted octanol–water partition coefficient (Wildman–Crippen LogP) is 2.82. The standard InChI is InChI=1S/C17H19N3O2/c1-3-20(4-2)17(22)15-12-13(10-11-18-15)16(21)19-14-8-6-5-7-9-14/h5-12H,3-4H2,1-2H3,(H,19,21). The van der Waals surface area contributed by atoms with E-state index in [1.165, 1.54) is 12.3 Å². The quantitative estimate of drug-likeness (QED) is 0.923. The highest BCUT2D eigenvalue weighted by Gasteiger charge is 2.16. The summed E-state index contributed by atoms with van der Waals surface area (Å²) in [7, 11) is 0. The lowest BCUT2D eigenvalue weighted by Crippen LogP contribution is -2.31. The van der Waals surface area contributed by atoms with Crippen LogP contribution in [0.2, 0.25) is 0 Å². The lowest BCUT2D eigenvalue weighted by Gasteiger charge is -2.18. The zero-order chi connectivity index (χ0) is 15.9. The zero-order valence-corrected chi connectivity index (χ0v) is 12.7. The van der Waals surface area contributed by atoms with Crippen LogP contribution in [0.25, 0.3) is 0 Å². The molecule has 0 unspecified atom stereocenters. The maximum absolute atomic E-state index is 12.3. The third-order valence-electron chi connectivity index (χ3n) is 3.32. The molecule has 0 aliphatic carbocycles. The number of anilines is 1. The maximum atomic E-state index is 12.3. The molecule has 0 bridgehead atoms. The second-order valence-electron chi connectivity index (χ2n) is 4.73. The molecular weight excluding hydrogens is 278 g/mol. The molecule has 0 saturated heterocycles. The van der Waals surface area contributed by atoms with Gasteiger partial charge in [0.1, 0.15) is 5.69 Å². The fourth-order valence-corrected chi connectivity index (χ4v) is 2.09. The number of benzene rings is 1. The summed E-state index contributed by atoms with van der Waals surface area (Å²) >= 11 is 0. The number of nitrogens with zero attached hydrogens (tertiary/aromatic N) is 2. The number of aromatic nitrogens is 1. The van der Waals surface area contributed by atoms with Crippen molar-refractivity contribution in [2.24, 2.45) is 0 Å². The number of para-hydroxylation sites is 1. The van der Waals surface area contributed by atoms with E-state index in [0.29, 0.717) is 24.3 Å². The van der Waals surface area contributed by atoms with Crippen LogP contribution in [0.5, 0.6) is 0 Å². The summed E-state index contributed by atoms with van der Waals surface area (Å²) in [6, 6.07) is 12.3. The molecule has 0 radical (unpaired) electrons. The van der Waals surface area contributed by atoms with Crippen molar-refractivity contribution in [2.45, 2.75) is 13.8 Å². The van der Waals surface area contributed by atoms with E-state index < -0.39 is 0 Å². The van der Waals surface area contributed by atoms with Crippen LogP contribution < -0.4 is 5.32 Å². The van der Waals surface area contributed by atoms with Crippen LogP contribution in [0.1, 0.15) is 34.7 Å². The van der Waals surface area contributed by atoms with Gasteiger partial charge >= 0.3 is 0 Å². The van der Waals surface area contributed by atoms with Gasteiger partial charge in [-0.2, -0.15) is 0 Å². The molecule has 5 heteroatoms. The van der Waals surface area contributed by atoms with E-state index in [9.17, 15) is 9.59 Å². The summed E-state index contributed by atoms with van der Waals surface area (Å²) in [6.45, 7) is 5.04. The molecule has 0 aliphatic rings. The number of carbonyl (C=O) groups excluding carboxylic acids is 2. The van der Waals surface area contributed by atoms with Crippen molar-refractivity contribution in [1.29, 1.82) is 0 Å². The summed E-state index contributed by atoms with van der Waals surface area (Å²) < 4.78 is 0. The first kappa shape index (κ1) is 15.7. The van der Waals surface area contributed by atoms with Gasteiger partial charge in [-0.15, -0.1) is 0 Å². The second-order valence-corrected chi connectivity index (χ2v) is 4.73. The number of hydrogen-bond donors (Lipinski definition) is 1. The lowest BCUT2D eigenvalue weighted by molar-refractivity contribution is 0.0767. The SMILES string of the molecule is CCN(CC)C(=O)c1cc(C(=O)Nc2ccccc2)ccn1. The van der Waals surface area contributed by atoms with Crippen LogP contribution in [0.4, 0.5) is 5.69 Å². The first-order chi connectivity index (χ1) is 10.7. The van der Waals surface area contributed by atoms with Crippen LogP contribution in [0, 0.1) is 0 Å². The Morgan fingerprint density at radius 2 is 1.77 bits per heavy atom. The predicted molar refractivity (Wildman–Crippen MR) is 85.9 cm³/mol. The molecule has 114 valence electrons. The van der Waals surface area contributed by atoms with Crippen LogP contribution in [0.3, 0.4) is 0 Å². The van der Waals surface area contributed by atoms with Crippen LogP contribution in [0.15, 0.2) is 48.7 Å². The van der Waals surface area contributed by atoms with E-state index in [4.69, 9.17) is 0 Å². The topological polar surface area (TPSA) is 62.3 Å². The smallest absolute Gasteiger partial charge is 0.272 e. The molecule has 0 spiro atoms. The van der Waals surface area contributed by atoms with E-state index >= 15 is 0 Å². The average Bonchev–Trinajstić information content (AvgIpc) is 2.57. The number of carbonyl (C=O) groups is 2. The maximum Gasteiger partial charge on any atom is 0.272 e. The Morgan fingerprint density at radius 1 is 1.09 bits per heavy atom. The molecule has 0 fully saturated rings. The van der Waals surface area contributed by atoms with E-state index in [0.717, 1.165) is 0 Å². The third kappa shape index (κ3) is 3.69. The summed E-state index contributed by atoms with van der Waals surface area (Å²) in [4.78, 5) is 30.2. The van der Waals surface area contributed by atoms with Gasteiger partial charge in [0.05, 0.1) is 0 Å². The molecule has 2 amide bonds. The van der Waals surface area contributed by atoms with E-state index in [1.807, 2.05) is 32.0 Å². The second kappa shape index (κ2) is 7.36. The molecule has 5 nitrogen and oxygen atoms in total. The highest BCUT2D eigenvalue weighted by atomic mass is 16.2. The van der Waals surface area contributed by atoms with Gasteiger partial charge in [-0.1, -0.05) is 18.2 Å². The summed E-state index contributed by atoms with van der Waals surface area (Å²) in [5.74, 6) is -0.429. The van der Waals surface area contributed by atoms with Gasteiger partial charge < -0.3 is 10.2 Å². The fraction of sp³-hybridized carbons (Fsp3) is 0.235. The van der Waals surface area contributed by atoms with E-state index in [2.05, 4.69) is 10.3 Å². The highest BCUT2D eigenvalue weighted by molar-refractivity contribution is 6.05. The molecule has 0 aliphatic heterocycles. The number of amides is 2. The Hall–Kier alpha value is -2.69.